The van der Waals surface area contributed by atoms with Crippen LogP contribution in [0.1, 0.15) is 21.6 Å². The summed E-state index contributed by atoms with van der Waals surface area (Å²) in [6.07, 6.45) is 0. The highest BCUT2D eigenvalue weighted by atomic mass is 35.5. The molecule has 0 saturated heterocycles. The van der Waals surface area contributed by atoms with Gasteiger partial charge in [-0.3, -0.25) is 4.79 Å². The Kier molecular flexibility index (Phi) is 5.82. The fraction of sp³-hybridized carbons (Fsp3) is 0.0500. The maximum Gasteiger partial charge on any atom is 0.270 e. The smallest absolute Gasteiger partial charge is 0.270 e. The van der Waals surface area contributed by atoms with Crippen molar-refractivity contribution < 1.29 is 13.2 Å². The molecule has 0 saturated carbocycles. The highest BCUT2D eigenvalue weighted by Crippen LogP contribution is 2.22. The lowest BCUT2D eigenvalue weighted by atomic mass is 10.2. The molecule has 0 aliphatic rings. The van der Waals surface area contributed by atoms with Gasteiger partial charge in [0.25, 0.3) is 5.91 Å². The maximum absolute atomic E-state index is 12.6. The highest BCUT2D eigenvalue weighted by molar-refractivity contribution is 7.91. The topological polar surface area (TPSA) is 126 Å². The number of sulfone groups is 1. The van der Waals surface area contributed by atoms with E-state index < -0.39 is 15.7 Å². The maximum atomic E-state index is 12.6. The van der Waals surface area contributed by atoms with E-state index in [1.165, 1.54) is 30.3 Å². The molecule has 0 bridgehead atoms. The number of nitrogens with two attached hydrogens (primary N) is 1. The fourth-order valence-corrected chi connectivity index (χ4v) is 4.08. The summed E-state index contributed by atoms with van der Waals surface area (Å²) < 4.78 is 25.2. The first kappa shape index (κ1) is 20.3. The zero-order chi connectivity index (χ0) is 21.0. The minimum absolute atomic E-state index is 0.0124. The van der Waals surface area contributed by atoms with Gasteiger partial charge in [-0.1, -0.05) is 41.9 Å². The van der Waals surface area contributed by atoms with Gasteiger partial charge < -0.3 is 11.1 Å². The van der Waals surface area contributed by atoms with E-state index in [0.29, 0.717) is 5.56 Å². The number of nitrogens with zero attached hydrogens (tertiary/aromatic N) is 2. The van der Waals surface area contributed by atoms with Crippen LogP contribution in [0.15, 0.2) is 70.5 Å². The third-order valence-corrected chi connectivity index (χ3v) is 6.15. The number of aromatic nitrogens is 1. The number of hydrogen-bond donors (Lipinski definition) is 2. The molecule has 0 spiro atoms. The summed E-state index contributed by atoms with van der Waals surface area (Å²) in [6.45, 7) is 0.143. The van der Waals surface area contributed by atoms with Crippen molar-refractivity contribution in [3.63, 3.8) is 0 Å². The van der Waals surface area contributed by atoms with Crippen molar-refractivity contribution in [3.8, 4) is 6.07 Å². The van der Waals surface area contributed by atoms with Gasteiger partial charge in [0, 0.05) is 6.54 Å². The van der Waals surface area contributed by atoms with Gasteiger partial charge in [-0.2, -0.15) is 5.26 Å². The number of nitriles is 1. The average molecular weight is 427 g/mol. The van der Waals surface area contributed by atoms with Crippen molar-refractivity contribution in [1.82, 2.24) is 10.3 Å². The number of nitrogen functional groups attached to an aromatic ring is 1. The Morgan fingerprint density at radius 1 is 1.10 bits per heavy atom. The van der Waals surface area contributed by atoms with Crippen LogP contribution in [-0.4, -0.2) is 19.3 Å². The van der Waals surface area contributed by atoms with E-state index >= 15 is 0 Å². The van der Waals surface area contributed by atoms with E-state index in [1.807, 2.05) is 6.07 Å². The molecule has 29 heavy (non-hydrogen) atoms. The van der Waals surface area contributed by atoms with Gasteiger partial charge in [0.2, 0.25) is 9.84 Å². The number of amides is 1. The normalized spacial score (nSPS) is 10.9. The zero-order valence-electron chi connectivity index (χ0n) is 15.0. The summed E-state index contributed by atoms with van der Waals surface area (Å²) in [6, 6.07) is 17.4. The minimum Gasteiger partial charge on any atom is -0.397 e. The summed E-state index contributed by atoms with van der Waals surface area (Å²) in [5.41, 5.74) is 6.45. The molecule has 3 aromatic rings. The average Bonchev–Trinajstić information content (AvgIpc) is 2.72. The van der Waals surface area contributed by atoms with Crippen LogP contribution in [0.25, 0.3) is 0 Å². The van der Waals surface area contributed by atoms with Gasteiger partial charge in [0.1, 0.15) is 22.5 Å². The molecule has 0 aliphatic carbocycles. The van der Waals surface area contributed by atoms with E-state index in [1.54, 1.807) is 30.3 Å². The molecular formula is C20H15ClN4O3S. The van der Waals surface area contributed by atoms with E-state index in [-0.39, 0.29) is 38.4 Å². The van der Waals surface area contributed by atoms with Crippen LogP contribution in [0.5, 0.6) is 0 Å². The molecule has 0 unspecified atom stereocenters. The molecule has 2 aromatic carbocycles. The second-order valence-electron chi connectivity index (χ2n) is 6.02. The summed E-state index contributed by atoms with van der Waals surface area (Å²) in [7, 11) is -3.60. The van der Waals surface area contributed by atoms with Crippen LogP contribution in [0, 0.1) is 11.3 Å². The quantitative estimate of drug-likeness (QED) is 0.604. The number of benzene rings is 2. The van der Waals surface area contributed by atoms with E-state index in [9.17, 15) is 13.2 Å². The second-order valence-corrected chi connectivity index (χ2v) is 8.33. The van der Waals surface area contributed by atoms with Gasteiger partial charge >= 0.3 is 0 Å². The molecule has 1 aromatic heterocycles. The van der Waals surface area contributed by atoms with Crippen molar-refractivity contribution in [2.75, 3.05) is 5.73 Å². The molecule has 0 fully saturated rings. The standard InChI is InChI=1S/C20H15ClN4O3S/c21-19-16(11-22)17(23)10-18(25-19)20(26)24-12-13-6-8-15(9-7-13)29(27,28)14-4-2-1-3-5-14/h1-10H,12H2,(H2,23,25)(H,24,26). The Morgan fingerprint density at radius 3 is 2.31 bits per heavy atom. The summed E-state index contributed by atoms with van der Waals surface area (Å²) in [4.78, 5) is 16.5. The first-order valence-corrected chi connectivity index (χ1v) is 10.2. The molecule has 7 nitrogen and oxygen atoms in total. The third kappa shape index (κ3) is 4.37. The van der Waals surface area contributed by atoms with Gasteiger partial charge in [0.15, 0.2) is 0 Å². The van der Waals surface area contributed by atoms with Crippen molar-refractivity contribution in [3.05, 3.63) is 82.6 Å². The number of pyridine rings is 1. The van der Waals surface area contributed by atoms with Crippen LogP contribution in [0.4, 0.5) is 5.69 Å². The van der Waals surface area contributed by atoms with Crippen LogP contribution in [-0.2, 0) is 16.4 Å². The lowest BCUT2D eigenvalue weighted by Gasteiger charge is -2.08. The minimum atomic E-state index is -3.60. The predicted molar refractivity (Wildman–Crippen MR) is 108 cm³/mol. The monoisotopic (exact) mass is 426 g/mol. The van der Waals surface area contributed by atoms with Gasteiger partial charge in [-0.05, 0) is 35.9 Å². The SMILES string of the molecule is N#Cc1c(N)cc(C(=O)NCc2ccc(S(=O)(=O)c3ccccc3)cc2)nc1Cl. The predicted octanol–water partition coefficient (Wildman–Crippen LogP) is 2.95. The molecule has 1 heterocycles. The number of nitrogens with one attached hydrogen (secondary N) is 1. The van der Waals surface area contributed by atoms with Crippen LogP contribution >= 0.6 is 11.6 Å². The van der Waals surface area contributed by atoms with Crippen LogP contribution in [0.3, 0.4) is 0 Å². The van der Waals surface area contributed by atoms with E-state index in [0.717, 1.165) is 0 Å². The molecule has 1 amide bonds. The first-order valence-electron chi connectivity index (χ1n) is 8.36. The van der Waals surface area contributed by atoms with Gasteiger partial charge in [0.05, 0.1) is 15.5 Å². The third-order valence-electron chi connectivity index (χ3n) is 4.09. The number of halogens is 1. The van der Waals surface area contributed by atoms with E-state index in [4.69, 9.17) is 22.6 Å². The molecular weight excluding hydrogens is 412 g/mol. The number of carbonyl (C=O) groups is 1. The van der Waals surface area contributed by atoms with Crippen LogP contribution < -0.4 is 11.1 Å². The van der Waals surface area contributed by atoms with Crippen molar-refractivity contribution in [2.24, 2.45) is 0 Å². The Bertz CT molecular complexity index is 1180. The molecule has 0 aliphatic heterocycles. The van der Waals surface area contributed by atoms with Crippen LogP contribution in [0.2, 0.25) is 5.15 Å². The highest BCUT2D eigenvalue weighted by Gasteiger charge is 2.17. The number of rotatable bonds is 5. The van der Waals surface area contributed by atoms with E-state index in [2.05, 4.69) is 10.3 Å². The summed E-state index contributed by atoms with van der Waals surface area (Å²) in [5, 5.41) is 11.4. The van der Waals surface area contributed by atoms with Gasteiger partial charge in [-0.25, -0.2) is 13.4 Å². The lowest BCUT2D eigenvalue weighted by molar-refractivity contribution is 0.0946. The first-order chi connectivity index (χ1) is 13.8. The molecule has 0 atom stereocenters. The molecule has 146 valence electrons. The Labute approximate surface area is 172 Å². The Balaban J connectivity index is 1.71. The van der Waals surface area contributed by atoms with Crippen molar-refractivity contribution in [2.45, 2.75) is 16.3 Å². The summed E-state index contributed by atoms with van der Waals surface area (Å²) in [5.74, 6) is -0.524. The zero-order valence-corrected chi connectivity index (χ0v) is 16.5. The number of anilines is 1. The second kappa shape index (κ2) is 8.31. The number of hydrogen-bond acceptors (Lipinski definition) is 6. The molecule has 3 rings (SSSR count). The van der Waals surface area contributed by atoms with Gasteiger partial charge in [-0.15, -0.1) is 0 Å². The Morgan fingerprint density at radius 2 is 1.72 bits per heavy atom. The Hall–Kier alpha value is -3.41. The number of carbonyl (C=O) groups excluding carboxylic acids is 1. The molecule has 0 radical (unpaired) electrons. The molecule has 9 heteroatoms. The molecule has 3 N–H and O–H groups in total. The largest absolute Gasteiger partial charge is 0.397 e. The fourth-order valence-electron chi connectivity index (χ4n) is 2.55. The van der Waals surface area contributed by atoms with Crippen molar-refractivity contribution in [1.29, 1.82) is 5.26 Å². The lowest BCUT2D eigenvalue weighted by Crippen LogP contribution is -2.24. The summed E-state index contributed by atoms with van der Waals surface area (Å²) >= 11 is 5.86. The van der Waals surface area contributed by atoms with Crippen molar-refractivity contribution >= 4 is 33.0 Å².